The molecule has 144 valence electrons. The lowest BCUT2D eigenvalue weighted by Crippen LogP contribution is -2.39. The van der Waals surface area contributed by atoms with Gasteiger partial charge in [-0.05, 0) is 31.0 Å². The third-order valence-corrected chi connectivity index (χ3v) is 4.74. The Morgan fingerprint density at radius 2 is 2.00 bits per heavy atom. The quantitative estimate of drug-likeness (QED) is 0.695. The zero-order chi connectivity index (χ0) is 19.5. The molecular weight excluding hydrogens is 361 g/mol. The van der Waals surface area contributed by atoms with E-state index in [1.807, 2.05) is 24.3 Å². The number of imidazole rings is 1. The molecule has 8 heteroatoms. The van der Waals surface area contributed by atoms with Crippen molar-refractivity contribution in [2.75, 3.05) is 20.2 Å². The van der Waals surface area contributed by atoms with Gasteiger partial charge >= 0.3 is 0 Å². The fraction of sp³-hybridized carbons (Fsp3) is 0.300. The predicted octanol–water partition coefficient (Wildman–Crippen LogP) is 2.91. The van der Waals surface area contributed by atoms with E-state index in [0.29, 0.717) is 49.1 Å². The lowest BCUT2D eigenvalue weighted by molar-refractivity contribution is 0.0661. The summed E-state index contributed by atoms with van der Waals surface area (Å²) in [5.74, 6) is 1.48. The SMILES string of the molecule is COc1ccc(-c2nc(C(=O)N3CCC(F)CC3)cn2-c2ccccn2)cn1. The maximum absolute atomic E-state index is 13.4. The van der Waals surface area contributed by atoms with Crippen LogP contribution in [0.15, 0.2) is 48.9 Å². The van der Waals surface area contributed by atoms with Crippen LogP contribution in [0.1, 0.15) is 23.3 Å². The molecule has 0 spiro atoms. The van der Waals surface area contributed by atoms with Gasteiger partial charge in [0.15, 0.2) is 0 Å². The molecule has 0 aromatic carbocycles. The van der Waals surface area contributed by atoms with Crippen molar-refractivity contribution < 1.29 is 13.9 Å². The third kappa shape index (κ3) is 3.58. The molecule has 3 aromatic rings. The Labute approximate surface area is 161 Å². The molecule has 0 radical (unpaired) electrons. The second-order valence-corrected chi connectivity index (χ2v) is 6.56. The van der Waals surface area contributed by atoms with Gasteiger partial charge in [0.1, 0.15) is 23.5 Å². The van der Waals surface area contributed by atoms with Gasteiger partial charge in [-0.2, -0.15) is 0 Å². The van der Waals surface area contributed by atoms with Gasteiger partial charge in [0.2, 0.25) is 5.88 Å². The number of carbonyl (C=O) groups is 1. The highest BCUT2D eigenvalue weighted by molar-refractivity contribution is 5.93. The van der Waals surface area contributed by atoms with Gasteiger partial charge in [-0.15, -0.1) is 0 Å². The first-order valence-corrected chi connectivity index (χ1v) is 9.10. The van der Waals surface area contributed by atoms with Crippen molar-refractivity contribution in [2.24, 2.45) is 0 Å². The Bertz CT molecular complexity index is 950. The molecule has 4 rings (SSSR count). The maximum atomic E-state index is 13.4. The molecule has 0 atom stereocenters. The highest BCUT2D eigenvalue weighted by Gasteiger charge is 2.26. The summed E-state index contributed by atoms with van der Waals surface area (Å²) >= 11 is 0. The molecule has 28 heavy (non-hydrogen) atoms. The van der Waals surface area contributed by atoms with E-state index in [2.05, 4.69) is 15.0 Å². The number of ether oxygens (including phenoxy) is 1. The number of nitrogens with zero attached hydrogens (tertiary/aromatic N) is 5. The number of aromatic nitrogens is 4. The van der Waals surface area contributed by atoms with Crippen LogP contribution in [0.5, 0.6) is 5.88 Å². The van der Waals surface area contributed by atoms with Gasteiger partial charge in [0.25, 0.3) is 5.91 Å². The van der Waals surface area contributed by atoms with Crippen molar-refractivity contribution in [1.82, 2.24) is 24.4 Å². The smallest absolute Gasteiger partial charge is 0.274 e. The fourth-order valence-corrected chi connectivity index (χ4v) is 3.20. The average molecular weight is 381 g/mol. The van der Waals surface area contributed by atoms with Crippen LogP contribution in [0.2, 0.25) is 0 Å². The first-order valence-electron chi connectivity index (χ1n) is 9.10. The Hall–Kier alpha value is -3.29. The molecule has 1 aliphatic rings. The number of rotatable bonds is 4. The zero-order valence-corrected chi connectivity index (χ0v) is 15.5. The maximum Gasteiger partial charge on any atom is 0.274 e. The van der Waals surface area contributed by atoms with E-state index in [4.69, 9.17) is 4.74 Å². The van der Waals surface area contributed by atoms with Crippen LogP contribution in [0.3, 0.4) is 0 Å². The van der Waals surface area contributed by atoms with Gasteiger partial charge in [0, 0.05) is 43.3 Å². The monoisotopic (exact) mass is 381 g/mol. The standard InChI is InChI=1S/C20H20FN5O2/c1-28-18-6-5-14(12-23-18)19-24-16(13-26(19)17-4-2-3-9-22-17)20(27)25-10-7-15(21)8-11-25/h2-6,9,12-13,15H,7-8,10-11H2,1H3. The van der Waals surface area contributed by atoms with Crippen molar-refractivity contribution in [3.63, 3.8) is 0 Å². The predicted molar refractivity (Wildman–Crippen MR) is 101 cm³/mol. The number of hydrogen-bond acceptors (Lipinski definition) is 5. The highest BCUT2D eigenvalue weighted by Crippen LogP contribution is 2.24. The normalized spacial score (nSPS) is 14.9. The second kappa shape index (κ2) is 7.75. The molecule has 0 saturated carbocycles. The number of methoxy groups -OCH3 is 1. The van der Waals surface area contributed by atoms with E-state index in [1.54, 1.807) is 41.2 Å². The second-order valence-electron chi connectivity index (χ2n) is 6.56. The number of carbonyl (C=O) groups excluding carboxylic acids is 1. The van der Waals surface area contributed by atoms with E-state index < -0.39 is 6.17 Å². The summed E-state index contributed by atoms with van der Waals surface area (Å²) in [6, 6.07) is 9.09. The molecule has 0 unspecified atom stereocenters. The van der Waals surface area contributed by atoms with Gasteiger partial charge in [-0.3, -0.25) is 9.36 Å². The molecule has 3 aromatic heterocycles. The number of pyridine rings is 2. The van der Waals surface area contributed by atoms with Crippen LogP contribution in [0, 0.1) is 0 Å². The minimum atomic E-state index is -0.837. The van der Waals surface area contributed by atoms with Crippen molar-refractivity contribution in [3.8, 4) is 23.1 Å². The van der Waals surface area contributed by atoms with Gasteiger partial charge in [-0.1, -0.05) is 6.07 Å². The van der Waals surface area contributed by atoms with Crippen LogP contribution in [-0.2, 0) is 0 Å². The number of amides is 1. The van der Waals surface area contributed by atoms with Crippen LogP contribution in [-0.4, -0.2) is 56.7 Å². The number of piperidine rings is 1. The van der Waals surface area contributed by atoms with E-state index in [-0.39, 0.29) is 5.91 Å². The Kier molecular flexibility index (Phi) is 5.01. The topological polar surface area (TPSA) is 73.1 Å². The number of halogens is 1. The lowest BCUT2D eigenvalue weighted by atomic mass is 10.1. The van der Waals surface area contributed by atoms with Crippen molar-refractivity contribution in [3.05, 3.63) is 54.6 Å². The van der Waals surface area contributed by atoms with Crippen LogP contribution in [0.4, 0.5) is 4.39 Å². The molecule has 7 nitrogen and oxygen atoms in total. The molecule has 0 aliphatic carbocycles. The van der Waals surface area contributed by atoms with E-state index in [0.717, 1.165) is 5.56 Å². The van der Waals surface area contributed by atoms with Gasteiger partial charge in [-0.25, -0.2) is 19.3 Å². The van der Waals surface area contributed by atoms with E-state index in [9.17, 15) is 9.18 Å². The first-order chi connectivity index (χ1) is 13.7. The number of alkyl halides is 1. The molecule has 1 saturated heterocycles. The summed E-state index contributed by atoms with van der Waals surface area (Å²) < 4.78 is 20.3. The Morgan fingerprint density at radius 3 is 2.64 bits per heavy atom. The summed E-state index contributed by atoms with van der Waals surface area (Å²) in [6.45, 7) is 0.797. The van der Waals surface area contributed by atoms with E-state index in [1.165, 1.54) is 0 Å². The van der Waals surface area contributed by atoms with Gasteiger partial charge in [0.05, 0.1) is 7.11 Å². The largest absolute Gasteiger partial charge is 0.481 e. The average Bonchev–Trinajstić information content (AvgIpc) is 3.20. The van der Waals surface area contributed by atoms with Crippen molar-refractivity contribution in [2.45, 2.75) is 19.0 Å². The van der Waals surface area contributed by atoms with Crippen molar-refractivity contribution >= 4 is 5.91 Å². The molecular formula is C20H20FN5O2. The summed E-state index contributed by atoms with van der Waals surface area (Å²) in [5, 5.41) is 0. The fourth-order valence-electron chi connectivity index (χ4n) is 3.20. The molecule has 1 aliphatic heterocycles. The molecule has 0 N–H and O–H groups in total. The summed E-state index contributed by atoms with van der Waals surface area (Å²) in [5.41, 5.74) is 1.03. The van der Waals surface area contributed by atoms with Crippen LogP contribution >= 0.6 is 0 Å². The van der Waals surface area contributed by atoms with Crippen LogP contribution in [0.25, 0.3) is 17.2 Å². The highest BCUT2D eigenvalue weighted by atomic mass is 19.1. The van der Waals surface area contributed by atoms with Gasteiger partial charge < -0.3 is 9.64 Å². The molecule has 1 fully saturated rings. The number of likely N-dealkylation sites (tertiary alicyclic amines) is 1. The first kappa shape index (κ1) is 18.1. The molecule has 0 bridgehead atoms. The zero-order valence-electron chi connectivity index (χ0n) is 15.5. The third-order valence-electron chi connectivity index (χ3n) is 4.74. The number of hydrogen-bond donors (Lipinski definition) is 0. The Balaban J connectivity index is 1.72. The van der Waals surface area contributed by atoms with E-state index >= 15 is 0 Å². The lowest BCUT2D eigenvalue weighted by Gasteiger charge is -2.27. The van der Waals surface area contributed by atoms with Crippen molar-refractivity contribution in [1.29, 1.82) is 0 Å². The summed E-state index contributed by atoms with van der Waals surface area (Å²) in [4.78, 5) is 27.7. The summed E-state index contributed by atoms with van der Waals surface area (Å²) in [6.07, 6.45) is 4.88. The summed E-state index contributed by atoms with van der Waals surface area (Å²) in [7, 11) is 1.55. The minimum absolute atomic E-state index is 0.204. The van der Waals surface area contributed by atoms with Crippen LogP contribution < -0.4 is 4.74 Å². The Morgan fingerprint density at radius 1 is 1.18 bits per heavy atom. The minimum Gasteiger partial charge on any atom is -0.481 e. The molecule has 1 amide bonds. The molecule has 4 heterocycles.